The second-order valence-corrected chi connectivity index (χ2v) is 4.27. The normalized spacial score (nSPS) is 10.1. The van der Waals surface area contributed by atoms with E-state index in [4.69, 9.17) is 4.74 Å². The maximum Gasteiger partial charge on any atom is 0.210 e. The van der Waals surface area contributed by atoms with Crippen molar-refractivity contribution in [2.24, 2.45) is 0 Å². The van der Waals surface area contributed by atoms with E-state index < -0.39 is 0 Å². The molecule has 0 aliphatic rings. The van der Waals surface area contributed by atoms with Gasteiger partial charge in [-0.3, -0.25) is 0 Å². The molecule has 5 heteroatoms. The van der Waals surface area contributed by atoms with Crippen molar-refractivity contribution in [1.82, 2.24) is 10.2 Å². The smallest absolute Gasteiger partial charge is 0.210 e. The Labute approximate surface area is 98.3 Å². The molecule has 0 bridgehead atoms. The number of nitrogens with zero attached hydrogens (tertiary/aromatic N) is 2. The van der Waals surface area contributed by atoms with Gasteiger partial charge in [-0.05, 0) is 30.7 Å². The molecule has 0 saturated heterocycles. The largest absolute Gasteiger partial charge is 0.497 e. The van der Waals surface area contributed by atoms with Crippen molar-refractivity contribution < 1.29 is 4.74 Å². The second kappa shape index (κ2) is 4.94. The highest BCUT2D eigenvalue weighted by atomic mass is 32.1. The van der Waals surface area contributed by atoms with E-state index in [-0.39, 0.29) is 0 Å². The van der Waals surface area contributed by atoms with Crippen molar-refractivity contribution in [3.05, 3.63) is 29.3 Å². The van der Waals surface area contributed by atoms with E-state index >= 15 is 0 Å². The van der Waals surface area contributed by atoms with Gasteiger partial charge in [-0.15, -0.1) is 10.2 Å². The maximum absolute atomic E-state index is 5.09. The lowest BCUT2D eigenvalue weighted by Crippen LogP contribution is -1.89. The molecule has 2 rings (SSSR count). The number of nitrogens with one attached hydrogen (secondary N) is 1. The van der Waals surface area contributed by atoms with Crippen LogP contribution >= 0.6 is 11.3 Å². The Hall–Kier alpha value is -1.62. The summed E-state index contributed by atoms with van der Waals surface area (Å²) in [6.45, 7) is 2.07. The Balaban J connectivity index is 2.08. The molecule has 0 amide bonds. The first-order valence-electron chi connectivity index (χ1n) is 5.05. The molecule has 4 nitrogen and oxygen atoms in total. The second-order valence-electron chi connectivity index (χ2n) is 3.21. The van der Waals surface area contributed by atoms with Crippen molar-refractivity contribution in [3.63, 3.8) is 0 Å². The predicted octanol–water partition coefficient (Wildman–Crippen LogP) is 2.85. The highest BCUT2D eigenvalue weighted by Crippen LogP contribution is 2.22. The van der Waals surface area contributed by atoms with Crippen LogP contribution in [-0.4, -0.2) is 17.3 Å². The zero-order valence-corrected chi connectivity index (χ0v) is 10.0. The minimum Gasteiger partial charge on any atom is -0.497 e. The summed E-state index contributed by atoms with van der Waals surface area (Å²) in [5.41, 5.74) is 0.986. The van der Waals surface area contributed by atoms with E-state index in [2.05, 4.69) is 22.4 Å². The first-order valence-corrected chi connectivity index (χ1v) is 5.87. The fourth-order valence-corrected chi connectivity index (χ4v) is 1.94. The lowest BCUT2D eigenvalue weighted by Gasteiger charge is -2.03. The van der Waals surface area contributed by atoms with Gasteiger partial charge in [0.15, 0.2) is 0 Å². The summed E-state index contributed by atoms with van der Waals surface area (Å²) in [5, 5.41) is 13.2. The van der Waals surface area contributed by atoms with Crippen LogP contribution in [0, 0.1) is 0 Å². The van der Waals surface area contributed by atoms with Crippen molar-refractivity contribution in [3.8, 4) is 5.75 Å². The molecule has 0 aliphatic heterocycles. The number of methoxy groups -OCH3 is 1. The molecule has 0 atom stereocenters. The lowest BCUT2D eigenvalue weighted by atomic mass is 10.3. The average molecular weight is 235 g/mol. The van der Waals surface area contributed by atoms with Crippen LogP contribution in [0.15, 0.2) is 24.3 Å². The third-order valence-corrected chi connectivity index (χ3v) is 3.09. The molecule has 1 N–H and O–H groups in total. The predicted molar refractivity (Wildman–Crippen MR) is 65.6 cm³/mol. The van der Waals surface area contributed by atoms with Crippen LogP contribution in [0.2, 0.25) is 0 Å². The van der Waals surface area contributed by atoms with E-state index in [0.717, 1.165) is 28.0 Å². The summed E-state index contributed by atoms with van der Waals surface area (Å²) in [6.07, 6.45) is 0.919. The minimum atomic E-state index is 0.821. The summed E-state index contributed by atoms with van der Waals surface area (Å²) in [4.78, 5) is 0. The first kappa shape index (κ1) is 10.9. The topological polar surface area (TPSA) is 47.0 Å². The summed E-state index contributed by atoms with van der Waals surface area (Å²) < 4.78 is 5.09. The Kier molecular flexibility index (Phi) is 3.36. The zero-order valence-electron chi connectivity index (χ0n) is 9.23. The Morgan fingerprint density at radius 3 is 2.56 bits per heavy atom. The molecule has 16 heavy (non-hydrogen) atoms. The van der Waals surface area contributed by atoms with Crippen LogP contribution in [-0.2, 0) is 6.42 Å². The van der Waals surface area contributed by atoms with Crippen LogP contribution in [0.25, 0.3) is 0 Å². The Morgan fingerprint density at radius 2 is 2.00 bits per heavy atom. The minimum absolute atomic E-state index is 0.821. The Bertz CT molecular complexity index is 453. The van der Waals surface area contributed by atoms with Crippen LogP contribution in [0.1, 0.15) is 11.9 Å². The molecule has 0 unspecified atom stereocenters. The number of anilines is 2. The van der Waals surface area contributed by atoms with Gasteiger partial charge in [-0.25, -0.2) is 0 Å². The lowest BCUT2D eigenvalue weighted by molar-refractivity contribution is 0.415. The third kappa shape index (κ3) is 2.49. The number of rotatable bonds is 4. The maximum atomic E-state index is 5.09. The van der Waals surface area contributed by atoms with Crippen molar-refractivity contribution in [2.45, 2.75) is 13.3 Å². The monoisotopic (exact) mass is 235 g/mol. The summed E-state index contributed by atoms with van der Waals surface area (Å²) in [7, 11) is 1.65. The molecule has 2 aromatic rings. The van der Waals surface area contributed by atoms with E-state index in [9.17, 15) is 0 Å². The number of hydrogen-bond donors (Lipinski definition) is 1. The van der Waals surface area contributed by atoms with Gasteiger partial charge in [0.2, 0.25) is 5.13 Å². The van der Waals surface area contributed by atoms with Crippen LogP contribution in [0.5, 0.6) is 5.75 Å². The Morgan fingerprint density at radius 1 is 1.25 bits per heavy atom. The summed E-state index contributed by atoms with van der Waals surface area (Å²) in [6, 6.07) is 7.71. The number of aryl methyl sites for hydroxylation is 1. The van der Waals surface area contributed by atoms with Gasteiger partial charge in [-0.2, -0.15) is 0 Å². The number of benzene rings is 1. The van der Waals surface area contributed by atoms with Gasteiger partial charge >= 0.3 is 0 Å². The van der Waals surface area contributed by atoms with Crippen LogP contribution in [0.3, 0.4) is 0 Å². The van der Waals surface area contributed by atoms with Crippen LogP contribution < -0.4 is 10.1 Å². The number of aromatic nitrogens is 2. The van der Waals surface area contributed by atoms with E-state index in [0.29, 0.717) is 0 Å². The highest BCUT2D eigenvalue weighted by Gasteiger charge is 2.02. The van der Waals surface area contributed by atoms with Gasteiger partial charge < -0.3 is 10.1 Å². The molecule has 0 fully saturated rings. The number of ether oxygens (including phenoxy) is 1. The fraction of sp³-hybridized carbons (Fsp3) is 0.273. The van der Waals surface area contributed by atoms with E-state index in [1.165, 1.54) is 0 Å². The van der Waals surface area contributed by atoms with Gasteiger partial charge in [0.25, 0.3) is 0 Å². The number of hydrogen-bond acceptors (Lipinski definition) is 5. The molecular formula is C11H13N3OS. The van der Waals surface area contributed by atoms with E-state index in [1.54, 1.807) is 18.4 Å². The van der Waals surface area contributed by atoms with Gasteiger partial charge in [-0.1, -0.05) is 18.3 Å². The van der Waals surface area contributed by atoms with Crippen molar-refractivity contribution in [2.75, 3.05) is 12.4 Å². The molecule has 84 valence electrons. The molecule has 1 aromatic carbocycles. The summed E-state index contributed by atoms with van der Waals surface area (Å²) in [5.74, 6) is 0.845. The highest BCUT2D eigenvalue weighted by molar-refractivity contribution is 7.15. The van der Waals surface area contributed by atoms with Crippen LogP contribution in [0.4, 0.5) is 10.8 Å². The van der Waals surface area contributed by atoms with Gasteiger partial charge in [0.05, 0.1) is 7.11 Å². The first-order chi connectivity index (χ1) is 7.81. The molecule has 0 aliphatic carbocycles. The van der Waals surface area contributed by atoms with Crippen molar-refractivity contribution >= 4 is 22.2 Å². The fourth-order valence-electron chi connectivity index (χ4n) is 1.24. The molecule has 0 saturated carbocycles. The zero-order chi connectivity index (χ0) is 11.4. The molecule has 1 aromatic heterocycles. The molecule has 0 radical (unpaired) electrons. The van der Waals surface area contributed by atoms with E-state index in [1.807, 2.05) is 24.3 Å². The summed E-state index contributed by atoms with van der Waals surface area (Å²) >= 11 is 1.57. The third-order valence-electron chi connectivity index (χ3n) is 2.11. The van der Waals surface area contributed by atoms with Gasteiger partial charge in [0.1, 0.15) is 10.8 Å². The average Bonchev–Trinajstić information content (AvgIpc) is 2.78. The quantitative estimate of drug-likeness (QED) is 0.885. The molecule has 0 spiro atoms. The standard InChI is InChI=1S/C11H13N3OS/c1-3-10-13-14-11(16-10)12-8-4-6-9(15-2)7-5-8/h4-7H,3H2,1-2H3,(H,12,14). The van der Waals surface area contributed by atoms with Gasteiger partial charge in [0, 0.05) is 5.69 Å². The molecular weight excluding hydrogens is 222 g/mol. The molecule has 1 heterocycles. The SMILES string of the molecule is CCc1nnc(Nc2ccc(OC)cc2)s1. The van der Waals surface area contributed by atoms with Crippen molar-refractivity contribution in [1.29, 1.82) is 0 Å².